The normalized spacial score (nSPS) is 19.6. The van der Waals surface area contributed by atoms with Gasteiger partial charge in [0.25, 0.3) is 0 Å². The van der Waals surface area contributed by atoms with Crippen molar-refractivity contribution in [3.63, 3.8) is 0 Å². The monoisotopic (exact) mass is 409 g/mol. The summed E-state index contributed by atoms with van der Waals surface area (Å²) in [6.07, 6.45) is 10.4. The number of nitrogens with zero attached hydrogens (tertiary/aromatic N) is 2. The predicted molar refractivity (Wildman–Crippen MR) is 120 cm³/mol. The minimum atomic E-state index is -0.209. The lowest BCUT2D eigenvalue weighted by atomic mass is 9.98. The van der Waals surface area contributed by atoms with Crippen molar-refractivity contribution in [2.75, 3.05) is 25.6 Å². The van der Waals surface area contributed by atoms with Crippen LogP contribution in [0.15, 0.2) is 48.8 Å². The van der Waals surface area contributed by atoms with E-state index in [0.29, 0.717) is 35.9 Å². The summed E-state index contributed by atoms with van der Waals surface area (Å²) in [6.45, 7) is 6.01. The van der Waals surface area contributed by atoms with Crippen LogP contribution >= 0.6 is 0 Å². The molecule has 1 aliphatic rings. The van der Waals surface area contributed by atoms with E-state index in [2.05, 4.69) is 29.0 Å². The number of methoxy groups -OCH3 is 1. The Labute approximate surface area is 178 Å². The molecular weight excluding hydrogens is 378 g/mol. The molecular formula is C24H31N3O3. The van der Waals surface area contributed by atoms with Gasteiger partial charge in [0, 0.05) is 48.9 Å². The van der Waals surface area contributed by atoms with Crippen molar-refractivity contribution in [3.8, 4) is 11.5 Å². The summed E-state index contributed by atoms with van der Waals surface area (Å²) < 4.78 is 11.5. The Morgan fingerprint density at radius 1 is 1.17 bits per heavy atom. The summed E-state index contributed by atoms with van der Waals surface area (Å²) in [4.78, 5) is 18.7. The van der Waals surface area contributed by atoms with Crippen LogP contribution in [0.2, 0.25) is 0 Å². The van der Waals surface area contributed by atoms with Gasteiger partial charge in [0.05, 0.1) is 7.11 Å². The molecule has 1 saturated heterocycles. The van der Waals surface area contributed by atoms with E-state index in [4.69, 9.17) is 9.47 Å². The van der Waals surface area contributed by atoms with Crippen molar-refractivity contribution in [1.82, 2.24) is 9.88 Å². The van der Waals surface area contributed by atoms with Crippen LogP contribution in [0.4, 0.5) is 5.69 Å². The van der Waals surface area contributed by atoms with Crippen molar-refractivity contribution in [2.24, 2.45) is 0 Å². The molecule has 2 heterocycles. The molecule has 0 unspecified atom stereocenters. The molecule has 0 aliphatic carbocycles. The van der Waals surface area contributed by atoms with Gasteiger partial charge in [-0.25, -0.2) is 0 Å². The van der Waals surface area contributed by atoms with Crippen LogP contribution in [-0.4, -0.2) is 48.1 Å². The van der Waals surface area contributed by atoms with E-state index in [0.717, 1.165) is 12.1 Å². The Hall–Kier alpha value is -2.86. The number of aromatic nitrogens is 1. The number of carbonyl (C=O) groups is 1. The minimum Gasteiger partial charge on any atom is -0.493 e. The van der Waals surface area contributed by atoms with Crippen LogP contribution in [0.3, 0.4) is 0 Å². The molecule has 0 radical (unpaired) electrons. The Morgan fingerprint density at radius 2 is 1.90 bits per heavy atom. The number of ether oxygens (including phenoxy) is 2. The second-order valence-corrected chi connectivity index (χ2v) is 7.68. The lowest BCUT2D eigenvalue weighted by Crippen LogP contribution is -2.45. The average Bonchev–Trinajstić information content (AvgIpc) is 2.75. The third kappa shape index (κ3) is 6.07. The number of nitrogens with one attached hydrogen (secondary N) is 1. The van der Waals surface area contributed by atoms with E-state index < -0.39 is 0 Å². The number of benzene rings is 1. The molecule has 6 nitrogen and oxygen atoms in total. The second kappa shape index (κ2) is 10.8. The van der Waals surface area contributed by atoms with Gasteiger partial charge in [-0.05, 0) is 62.6 Å². The van der Waals surface area contributed by atoms with Crippen LogP contribution in [0.1, 0.15) is 38.7 Å². The van der Waals surface area contributed by atoms with Crippen molar-refractivity contribution in [2.45, 2.75) is 45.2 Å². The summed E-state index contributed by atoms with van der Waals surface area (Å²) in [5.74, 6) is 1.07. The zero-order valence-corrected chi connectivity index (χ0v) is 18.0. The Balaban J connectivity index is 1.59. The topological polar surface area (TPSA) is 63.7 Å². The van der Waals surface area contributed by atoms with E-state index in [1.165, 1.54) is 25.3 Å². The Kier molecular flexibility index (Phi) is 7.85. The number of piperidine rings is 1. The lowest BCUT2D eigenvalue weighted by molar-refractivity contribution is -0.111. The van der Waals surface area contributed by atoms with Crippen LogP contribution < -0.4 is 14.8 Å². The largest absolute Gasteiger partial charge is 0.493 e. The van der Waals surface area contributed by atoms with Crippen molar-refractivity contribution < 1.29 is 14.3 Å². The maximum atomic E-state index is 12.3. The predicted octanol–water partition coefficient (Wildman–Crippen LogP) is 4.38. The maximum Gasteiger partial charge on any atom is 0.248 e. The third-order valence-corrected chi connectivity index (χ3v) is 5.55. The zero-order valence-electron chi connectivity index (χ0n) is 18.0. The molecule has 1 aromatic carbocycles. The van der Waals surface area contributed by atoms with Gasteiger partial charge in [0.1, 0.15) is 6.61 Å². The summed E-state index contributed by atoms with van der Waals surface area (Å²) in [5, 5.41) is 2.87. The van der Waals surface area contributed by atoms with Crippen LogP contribution in [0, 0.1) is 0 Å². The van der Waals surface area contributed by atoms with E-state index >= 15 is 0 Å². The highest BCUT2D eigenvalue weighted by molar-refractivity contribution is 6.02. The number of hydrogen-bond acceptors (Lipinski definition) is 5. The molecule has 0 bridgehead atoms. The quantitative estimate of drug-likeness (QED) is 0.656. The van der Waals surface area contributed by atoms with Gasteiger partial charge in [-0.1, -0.05) is 6.42 Å². The van der Waals surface area contributed by atoms with Gasteiger partial charge < -0.3 is 14.8 Å². The first-order valence-electron chi connectivity index (χ1n) is 10.5. The number of amides is 1. The Bertz CT molecular complexity index is 844. The van der Waals surface area contributed by atoms with Gasteiger partial charge >= 0.3 is 0 Å². The summed E-state index contributed by atoms with van der Waals surface area (Å²) in [6, 6.07) is 10.3. The molecule has 30 heavy (non-hydrogen) atoms. The molecule has 3 rings (SSSR count). The van der Waals surface area contributed by atoms with E-state index in [1.54, 1.807) is 37.7 Å². The van der Waals surface area contributed by atoms with Crippen molar-refractivity contribution in [1.29, 1.82) is 0 Å². The zero-order chi connectivity index (χ0) is 21.3. The standard InChI is InChI=1S/C24H31N3O3/c1-18-5-4-6-19(2)27(18)15-16-30-23-17-21(8-9-22(23)29-3)26-24(28)10-7-20-11-13-25-14-12-20/h7-14,17-19H,4-6,15-16H2,1-3H3,(H,26,28)/t18-,19+. The van der Waals surface area contributed by atoms with E-state index in [9.17, 15) is 4.79 Å². The van der Waals surface area contributed by atoms with Crippen LogP contribution in [0.5, 0.6) is 11.5 Å². The summed E-state index contributed by atoms with van der Waals surface area (Å²) >= 11 is 0. The first-order valence-corrected chi connectivity index (χ1v) is 10.5. The molecule has 1 aromatic heterocycles. The number of anilines is 1. The molecule has 1 aliphatic heterocycles. The molecule has 160 valence electrons. The first kappa shape index (κ1) is 21.8. The van der Waals surface area contributed by atoms with Gasteiger partial charge in [-0.15, -0.1) is 0 Å². The molecule has 1 N–H and O–H groups in total. The summed E-state index contributed by atoms with van der Waals surface area (Å²) in [7, 11) is 1.62. The number of hydrogen-bond donors (Lipinski definition) is 1. The van der Waals surface area contributed by atoms with Crippen LogP contribution in [-0.2, 0) is 4.79 Å². The first-order chi connectivity index (χ1) is 14.6. The number of carbonyl (C=O) groups excluding carboxylic acids is 1. The van der Waals surface area contributed by atoms with E-state index in [-0.39, 0.29) is 5.91 Å². The number of pyridine rings is 1. The van der Waals surface area contributed by atoms with Gasteiger partial charge in [-0.2, -0.15) is 0 Å². The summed E-state index contributed by atoms with van der Waals surface area (Å²) in [5.41, 5.74) is 1.58. The van der Waals surface area contributed by atoms with Gasteiger partial charge in [0.2, 0.25) is 5.91 Å². The minimum absolute atomic E-state index is 0.209. The molecule has 0 saturated carbocycles. The highest BCUT2D eigenvalue weighted by Crippen LogP contribution is 2.30. The van der Waals surface area contributed by atoms with E-state index in [1.807, 2.05) is 18.2 Å². The number of rotatable bonds is 8. The fourth-order valence-corrected chi connectivity index (χ4v) is 3.87. The average molecular weight is 410 g/mol. The van der Waals surface area contributed by atoms with Crippen LogP contribution in [0.25, 0.3) is 6.08 Å². The maximum absolute atomic E-state index is 12.3. The molecule has 2 atom stereocenters. The SMILES string of the molecule is COc1ccc(NC(=O)C=Cc2ccncc2)cc1OCCN1[C@H](C)CCC[C@@H]1C. The molecule has 1 amide bonds. The van der Waals surface area contributed by atoms with Gasteiger partial charge in [0.15, 0.2) is 11.5 Å². The smallest absolute Gasteiger partial charge is 0.248 e. The highest BCUT2D eigenvalue weighted by atomic mass is 16.5. The Morgan fingerprint density at radius 3 is 2.60 bits per heavy atom. The van der Waals surface area contributed by atoms with Crippen molar-refractivity contribution in [3.05, 3.63) is 54.4 Å². The fourth-order valence-electron chi connectivity index (χ4n) is 3.87. The van der Waals surface area contributed by atoms with Gasteiger partial charge in [-0.3, -0.25) is 14.7 Å². The highest BCUT2D eigenvalue weighted by Gasteiger charge is 2.24. The molecule has 2 aromatic rings. The fraction of sp³-hybridized carbons (Fsp3) is 0.417. The third-order valence-electron chi connectivity index (χ3n) is 5.55. The van der Waals surface area contributed by atoms with Crippen molar-refractivity contribution >= 4 is 17.7 Å². The number of likely N-dealkylation sites (tertiary alicyclic amines) is 1. The molecule has 1 fully saturated rings. The second-order valence-electron chi connectivity index (χ2n) is 7.68. The lowest BCUT2D eigenvalue weighted by Gasteiger charge is -2.38. The molecule has 0 spiro atoms. The molecule has 6 heteroatoms.